The van der Waals surface area contributed by atoms with Crippen molar-refractivity contribution >= 4 is 41.4 Å². The number of aliphatic imine (C=N–C) groups is 1. The van der Waals surface area contributed by atoms with Crippen LogP contribution < -0.4 is 33.2 Å². The lowest BCUT2D eigenvalue weighted by atomic mass is 10.1. The van der Waals surface area contributed by atoms with Gasteiger partial charge in [-0.15, -0.1) is 0 Å². The summed E-state index contributed by atoms with van der Waals surface area (Å²) in [5.74, 6) is -2.53. The summed E-state index contributed by atoms with van der Waals surface area (Å²) in [5.41, 5.74) is 17.5. The lowest BCUT2D eigenvalue weighted by Crippen LogP contribution is -2.56. The standard InChI is InChI=1S/C23H37N7O5S/c1-14(28-20(32)16(24)13-15-7-4-3-5-8-15)19(31)29-17(9-6-11-27-23(25)26)21(33)30-18(22(34)35)10-12-36-2/h3-5,7-8,14,16-18H,6,9-13,24H2,1-2H3,(H,28,32)(H,29,31)(H,30,33)(H,34,35)(H4,25,26,27). The molecule has 3 amide bonds. The van der Waals surface area contributed by atoms with Crippen LogP contribution in [0.3, 0.4) is 0 Å². The van der Waals surface area contributed by atoms with Crippen LogP contribution in [0.5, 0.6) is 0 Å². The average Bonchev–Trinajstić information content (AvgIpc) is 2.83. The van der Waals surface area contributed by atoms with E-state index in [9.17, 15) is 24.3 Å². The van der Waals surface area contributed by atoms with Crippen molar-refractivity contribution in [3.8, 4) is 0 Å². The van der Waals surface area contributed by atoms with Crippen LogP contribution >= 0.6 is 11.8 Å². The van der Waals surface area contributed by atoms with Crippen LogP contribution in [0.4, 0.5) is 0 Å². The molecule has 0 bridgehead atoms. The third kappa shape index (κ3) is 11.9. The van der Waals surface area contributed by atoms with E-state index in [4.69, 9.17) is 17.2 Å². The van der Waals surface area contributed by atoms with Crippen molar-refractivity contribution in [3.05, 3.63) is 35.9 Å². The number of nitrogens with one attached hydrogen (secondary N) is 3. The van der Waals surface area contributed by atoms with Gasteiger partial charge in [-0.25, -0.2) is 4.79 Å². The zero-order chi connectivity index (χ0) is 27.1. The summed E-state index contributed by atoms with van der Waals surface area (Å²) in [4.78, 5) is 53.5. The molecule has 4 atom stereocenters. The predicted molar refractivity (Wildman–Crippen MR) is 140 cm³/mol. The lowest BCUT2D eigenvalue weighted by Gasteiger charge is -2.23. The van der Waals surface area contributed by atoms with Gasteiger partial charge < -0.3 is 38.3 Å². The van der Waals surface area contributed by atoms with E-state index in [2.05, 4.69) is 20.9 Å². The second kappa shape index (κ2) is 16.4. The Balaban J connectivity index is 2.79. The fraction of sp³-hybridized carbons (Fsp3) is 0.522. The van der Waals surface area contributed by atoms with Gasteiger partial charge in [0, 0.05) is 6.54 Å². The van der Waals surface area contributed by atoms with E-state index in [-0.39, 0.29) is 25.3 Å². The van der Waals surface area contributed by atoms with Crippen molar-refractivity contribution in [1.29, 1.82) is 0 Å². The van der Waals surface area contributed by atoms with E-state index in [0.29, 0.717) is 18.6 Å². The Hall–Kier alpha value is -3.32. The van der Waals surface area contributed by atoms with Crippen molar-refractivity contribution < 1.29 is 24.3 Å². The summed E-state index contributed by atoms with van der Waals surface area (Å²) in [7, 11) is 0. The van der Waals surface area contributed by atoms with Crippen LogP contribution in [0.1, 0.15) is 31.7 Å². The molecule has 0 aliphatic carbocycles. The zero-order valence-corrected chi connectivity index (χ0v) is 21.4. The maximum Gasteiger partial charge on any atom is 0.326 e. The summed E-state index contributed by atoms with van der Waals surface area (Å²) in [6.07, 6.45) is 2.85. The van der Waals surface area contributed by atoms with Gasteiger partial charge in [-0.1, -0.05) is 30.3 Å². The zero-order valence-electron chi connectivity index (χ0n) is 20.6. The number of thioether (sulfide) groups is 1. The number of benzene rings is 1. The van der Waals surface area contributed by atoms with Crippen molar-refractivity contribution in [2.24, 2.45) is 22.2 Å². The van der Waals surface area contributed by atoms with Gasteiger partial charge >= 0.3 is 5.97 Å². The first-order chi connectivity index (χ1) is 17.0. The van der Waals surface area contributed by atoms with E-state index >= 15 is 0 Å². The van der Waals surface area contributed by atoms with E-state index in [1.165, 1.54) is 18.7 Å². The number of nitrogens with zero attached hydrogens (tertiary/aromatic N) is 1. The number of amides is 3. The minimum atomic E-state index is -1.17. The van der Waals surface area contributed by atoms with Gasteiger partial charge in [-0.3, -0.25) is 19.4 Å². The number of hydrogen-bond acceptors (Lipinski definition) is 7. The Bertz CT molecular complexity index is 896. The first-order valence-electron chi connectivity index (χ1n) is 11.5. The number of carbonyl (C=O) groups excluding carboxylic acids is 3. The average molecular weight is 524 g/mol. The summed E-state index contributed by atoms with van der Waals surface area (Å²) in [6.45, 7) is 1.69. The monoisotopic (exact) mass is 523 g/mol. The highest BCUT2D eigenvalue weighted by Crippen LogP contribution is 2.06. The number of carboxylic acids is 1. The Morgan fingerprint density at radius 2 is 1.61 bits per heavy atom. The van der Waals surface area contributed by atoms with Crippen molar-refractivity contribution in [3.63, 3.8) is 0 Å². The van der Waals surface area contributed by atoms with Gasteiger partial charge in [0.15, 0.2) is 5.96 Å². The molecule has 0 spiro atoms. The van der Waals surface area contributed by atoms with Crippen LogP contribution in [0.25, 0.3) is 0 Å². The van der Waals surface area contributed by atoms with Gasteiger partial charge in [0.25, 0.3) is 0 Å². The molecule has 0 aliphatic rings. The van der Waals surface area contributed by atoms with Crippen LogP contribution in [0, 0.1) is 0 Å². The molecule has 1 rings (SSSR count). The third-order valence-corrected chi connectivity index (χ3v) is 5.83. The Morgan fingerprint density at radius 1 is 0.972 bits per heavy atom. The second-order valence-corrected chi connectivity index (χ2v) is 9.20. The summed E-state index contributed by atoms with van der Waals surface area (Å²) >= 11 is 1.45. The molecule has 200 valence electrons. The van der Waals surface area contributed by atoms with Crippen molar-refractivity contribution in [1.82, 2.24) is 16.0 Å². The van der Waals surface area contributed by atoms with Gasteiger partial charge in [0.05, 0.1) is 6.04 Å². The molecule has 0 heterocycles. The number of rotatable bonds is 16. The Morgan fingerprint density at radius 3 is 2.19 bits per heavy atom. The predicted octanol–water partition coefficient (Wildman–Crippen LogP) is -1.08. The van der Waals surface area contributed by atoms with E-state index in [0.717, 1.165) is 5.56 Å². The first-order valence-corrected chi connectivity index (χ1v) is 12.9. The molecule has 0 radical (unpaired) electrons. The molecule has 0 aliphatic heterocycles. The number of carbonyl (C=O) groups is 4. The molecule has 0 aromatic heterocycles. The largest absolute Gasteiger partial charge is 0.480 e. The number of aliphatic carboxylic acids is 1. The molecule has 10 N–H and O–H groups in total. The smallest absolute Gasteiger partial charge is 0.326 e. The van der Waals surface area contributed by atoms with Gasteiger partial charge in [0.1, 0.15) is 18.1 Å². The maximum absolute atomic E-state index is 12.9. The Labute approximate surface area is 215 Å². The molecule has 4 unspecified atom stereocenters. The first kappa shape index (κ1) is 30.7. The summed E-state index contributed by atoms with van der Waals surface area (Å²) in [5, 5.41) is 17.0. The molecule has 0 fully saturated rings. The maximum atomic E-state index is 12.9. The molecule has 1 aromatic carbocycles. The van der Waals surface area contributed by atoms with E-state index in [1.54, 1.807) is 0 Å². The van der Waals surface area contributed by atoms with Crippen molar-refractivity contribution in [2.75, 3.05) is 18.6 Å². The molecule has 0 saturated heterocycles. The molecule has 36 heavy (non-hydrogen) atoms. The quantitative estimate of drug-likeness (QED) is 0.0795. The molecule has 1 aromatic rings. The molecule has 0 saturated carbocycles. The minimum absolute atomic E-state index is 0.105. The second-order valence-electron chi connectivity index (χ2n) is 8.22. The molecular weight excluding hydrogens is 486 g/mol. The SMILES string of the molecule is CSCCC(NC(=O)C(CCCN=C(N)N)NC(=O)C(C)NC(=O)C(N)Cc1ccccc1)C(=O)O. The summed E-state index contributed by atoms with van der Waals surface area (Å²) < 4.78 is 0. The van der Waals surface area contributed by atoms with Crippen molar-refractivity contribution in [2.45, 2.75) is 56.8 Å². The number of guanidine groups is 1. The van der Waals surface area contributed by atoms with Crippen LogP contribution in [0.2, 0.25) is 0 Å². The topological polar surface area (TPSA) is 215 Å². The fourth-order valence-corrected chi connectivity index (χ4v) is 3.65. The molecular formula is C23H37N7O5S. The van der Waals surface area contributed by atoms with Crippen LogP contribution in [-0.4, -0.2) is 77.5 Å². The third-order valence-electron chi connectivity index (χ3n) is 5.19. The fourth-order valence-electron chi connectivity index (χ4n) is 3.18. The summed E-state index contributed by atoms with van der Waals surface area (Å²) in [6, 6.07) is 5.21. The Kier molecular flexibility index (Phi) is 14.0. The van der Waals surface area contributed by atoms with Gasteiger partial charge in [0.2, 0.25) is 17.7 Å². The van der Waals surface area contributed by atoms with Crippen LogP contribution in [-0.2, 0) is 25.6 Å². The van der Waals surface area contributed by atoms with E-state index < -0.39 is 47.9 Å². The lowest BCUT2D eigenvalue weighted by molar-refractivity contribution is -0.142. The number of hydrogen-bond donors (Lipinski definition) is 7. The van der Waals surface area contributed by atoms with E-state index in [1.807, 2.05) is 36.6 Å². The van der Waals surface area contributed by atoms with Gasteiger partial charge in [-0.05, 0) is 50.2 Å². The highest BCUT2D eigenvalue weighted by Gasteiger charge is 2.28. The minimum Gasteiger partial charge on any atom is -0.480 e. The molecule has 13 heteroatoms. The number of nitrogens with two attached hydrogens (primary N) is 3. The van der Waals surface area contributed by atoms with Crippen LogP contribution in [0.15, 0.2) is 35.3 Å². The van der Waals surface area contributed by atoms with Gasteiger partial charge in [-0.2, -0.15) is 11.8 Å². The normalized spacial score (nSPS) is 14.0. The molecule has 12 nitrogen and oxygen atoms in total. The highest BCUT2D eigenvalue weighted by atomic mass is 32.2. The number of carboxylic acid groups (broad SMARTS) is 1. The highest BCUT2D eigenvalue weighted by molar-refractivity contribution is 7.98.